The fourth-order valence-electron chi connectivity index (χ4n) is 2.51. The lowest BCUT2D eigenvalue weighted by Gasteiger charge is -2.04. The Balaban J connectivity index is 1.47. The van der Waals surface area contributed by atoms with Gasteiger partial charge in [0.05, 0.1) is 23.3 Å². The molecule has 2 aromatic heterocycles. The number of nitrogens with zero attached hydrogens (tertiary/aromatic N) is 2. The molecule has 0 aliphatic carbocycles. The molecule has 1 aromatic carbocycles. The number of rotatable bonds is 7. The normalized spacial score (nSPS) is 10.8. The number of aromatic nitrogens is 3. The molecule has 0 aliphatic heterocycles. The van der Waals surface area contributed by atoms with Crippen molar-refractivity contribution in [1.82, 2.24) is 20.5 Å². The van der Waals surface area contributed by atoms with Crippen LogP contribution in [0.25, 0.3) is 10.6 Å². The van der Waals surface area contributed by atoms with Gasteiger partial charge in [0, 0.05) is 23.2 Å². The van der Waals surface area contributed by atoms with Crippen molar-refractivity contribution in [3.8, 4) is 10.6 Å². The molecule has 7 heteroatoms. The van der Waals surface area contributed by atoms with Gasteiger partial charge >= 0.3 is 0 Å². The van der Waals surface area contributed by atoms with Crippen molar-refractivity contribution in [3.05, 3.63) is 57.8 Å². The van der Waals surface area contributed by atoms with Crippen molar-refractivity contribution >= 4 is 28.8 Å². The highest BCUT2D eigenvalue weighted by molar-refractivity contribution is 7.13. The Labute approximate surface area is 155 Å². The summed E-state index contributed by atoms with van der Waals surface area (Å²) in [6.45, 7) is 2.64. The fraction of sp³-hybridized carbons (Fsp3) is 0.278. The number of aromatic amines is 1. The van der Waals surface area contributed by atoms with E-state index in [1.165, 1.54) is 16.9 Å². The molecule has 2 N–H and O–H groups in total. The van der Waals surface area contributed by atoms with Crippen LogP contribution in [-0.2, 0) is 17.6 Å². The molecule has 0 unspecified atom stereocenters. The predicted octanol–water partition coefficient (Wildman–Crippen LogP) is 3.79. The van der Waals surface area contributed by atoms with E-state index >= 15 is 0 Å². The smallest absolute Gasteiger partial charge is 0.226 e. The van der Waals surface area contributed by atoms with E-state index < -0.39 is 0 Å². The molecular formula is C18H19ClN4OS. The molecule has 0 saturated heterocycles. The molecule has 3 aromatic rings. The number of carbonyl (C=O) groups excluding carboxylic acids is 1. The largest absolute Gasteiger partial charge is 0.356 e. The standard InChI is InChI=1S/C18H19ClN4OS/c1-12-13(10-21-23-12)5-4-8-20-17(24)9-14-11-25-18(22-14)15-6-2-3-7-16(15)19/h2-3,6-7,10-11H,4-5,8-9H2,1H3,(H,20,24)(H,21,23). The minimum Gasteiger partial charge on any atom is -0.356 e. The van der Waals surface area contributed by atoms with E-state index in [-0.39, 0.29) is 12.3 Å². The molecule has 5 nitrogen and oxygen atoms in total. The summed E-state index contributed by atoms with van der Waals surface area (Å²) in [6.07, 6.45) is 3.90. The number of H-pyrrole nitrogens is 1. The second kappa shape index (κ2) is 8.27. The number of aryl methyl sites for hydroxylation is 2. The summed E-state index contributed by atoms with van der Waals surface area (Å²) >= 11 is 7.69. The maximum atomic E-state index is 12.1. The van der Waals surface area contributed by atoms with Crippen LogP contribution in [0.1, 0.15) is 23.4 Å². The first-order valence-corrected chi connectivity index (χ1v) is 9.34. The second-order valence-electron chi connectivity index (χ2n) is 5.77. The van der Waals surface area contributed by atoms with Crippen LogP contribution in [0.15, 0.2) is 35.8 Å². The molecule has 2 heterocycles. The molecule has 0 bridgehead atoms. The number of benzene rings is 1. The molecule has 0 fully saturated rings. The number of carbonyl (C=O) groups is 1. The summed E-state index contributed by atoms with van der Waals surface area (Å²) in [6, 6.07) is 7.59. The highest BCUT2D eigenvalue weighted by atomic mass is 35.5. The van der Waals surface area contributed by atoms with Crippen molar-refractivity contribution < 1.29 is 4.79 Å². The SMILES string of the molecule is Cc1[nH]ncc1CCCNC(=O)Cc1csc(-c2ccccc2Cl)n1. The van der Waals surface area contributed by atoms with E-state index in [1.54, 1.807) is 0 Å². The first-order valence-electron chi connectivity index (χ1n) is 8.08. The third-order valence-electron chi connectivity index (χ3n) is 3.88. The van der Waals surface area contributed by atoms with Gasteiger partial charge < -0.3 is 5.32 Å². The molecule has 25 heavy (non-hydrogen) atoms. The quantitative estimate of drug-likeness (QED) is 0.618. The highest BCUT2D eigenvalue weighted by Crippen LogP contribution is 2.30. The number of amides is 1. The van der Waals surface area contributed by atoms with Gasteiger partial charge in [0.15, 0.2) is 0 Å². The van der Waals surface area contributed by atoms with Gasteiger partial charge in [0.1, 0.15) is 5.01 Å². The zero-order valence-electron chi connectivity index (χ0n) is 13.9. The van der Waals surface area contributed by atoms with E-state index in [0.29, 0.717) is 11.6 Å². The molecule has 1 amide bonds. The Morgan fingerprint density at radius 3 is 2.96 bits per heavy atom. The highest BCUT2D eigenvalue weighted by Gasteiger charge is 2.11. The summed E-state index contributed by atoms with van der Waals surface area (Å²) in [4.78, 5) is 16.6. The summed E-state index contributed by atoms with van der Waals surface area (Å²) in [5.74, 6) is -0.0140. The molecule has 3 rings (SSSR count). The van der Waals surface area contributed by atoms with Crippen LogP contribution < -0.4 is 5.32 Å². The Kier molecular flexibility index (Phi) is 5.83. The Bertz CT molecular complexity index is 858. The van der Waals surface area contributed by atoms with E-state index in [2.05, 4.69) is 20.5 Å². The number of hydrogen-bond acceptors (Lipinski definition) is 4. The Hall–Kier alpha value is -2.18. The zero-order chi connectivity index (χ0) is 17.6. The lowest BCUT2D eigenvalue weighted by atomic mass is 10.1. The second-order valence-corrected chi connectivity index (χ2v) is 7.04. The van der Waals surface area contributed by atoms with Crippen LogP contribution in [0.4, 0.5) is 0 Å². The molecular weight excluding hydrogens is 356 g/mol. The molecule has 0 spiro atoms. The van der Waals surface area contributed by atoms with Gasteiger partial charge in [0.25, 0.3) is 0 Å². The third kappa shape index (κ3) is 4.67. The van der Waals surface area contributed by atoms with Gasteiger partial charge in [-0.05, 0) is 31.4 Å². The molecule has 0 aliphatic rings. The van der Waals surface area contributed by atoms with Gasteiger partial charge in [-0.25, -0.2) is 4.98 Å². The van der Waals surface area contributed by atoms with Crippen LogP contribution in [0.2, 0.25) is 5.02 Å². The Morgan fingerprint density at radius 2 is 2.20 bits per heavy atom. The first kappa shape index (κ1) is 17.6. The van der Waals surface area contributed by atoms with Crippen LogP contribution in [0.5, 0.6) is 0 Å². The number of halogens is 1. The topological polar surface area (TPSA) is 70.7 Å². The number of thiazole rings is 1. The lowest BCUT2D eigenvalue weighted by Crippen LogP contribution is -2.26. The van der Waals surface area contributed by atoms with Crippen molar-refractivity contribution in [3.63, 3.8) is 0 Å². The van der Waals surface area contributed by atoms with Crippen LogP contribution in [0.3, 0.4) is 0 Å². The van der Waals surface area contributed by atoms with E-state index in [4.69, 9.17) is 11.6 Å². The molecule has 0 saturated carbocycles. The average Bonchev–Trinajstić information content (AvgIpc) is 3.21. The van der Waals surface area contributed by atoms with Crippen molar-refractivity contribution in [2.24, 2.45) is 0 Å². The maximum absolute atomic E-state index is 12.1. The Morgan fingerprint density at radius 1 is 1.36 bits per heavy atom. The summed E-state index contributed by atoms with van der Waals surface area (Å²) in [5.41, 5.74) is 3.94. The van der Waals surface area contributed by atoms with E-state index in [9.17, 15) is 4.79 Å². The van der Waals surface area contributed by atoms with E-state index in [1.807, 2.05) is 42.8 Å². The van der Waals surface area contributed by atoms with Crippen molar-refractivity contribution in [2.45, 2.75) is 26.2 Å². The molecule has 0 atom stereocenters. The van der Waals surface area contributed by atoms with E-state index in [0.717, 1.165) is 34.8 Å². The minimum absolute atomic E-state index is 0.0140. The van der Waals surface area contributed by atoms with Crippen LogP contribution >= 0.6 is 22.9 Å². The molecule has 130 valence electrons. The number of hydrogen-bond donors (Lipinski definition) is 2. The first-order chi connectivity index (χ1) is 12.1. The van der Waals surface area contributed by atoms with Crippen molar-refractivity contribution in [1.29, 1.82) is 0 Å². The number of nitrogens with one attached hydrogen (secondary N) is 2. The van der Waals surface area contributed by atoms with Crippen LogP contribution in [0, 0.1) is 6.92 Å². The van der Waals surface area contributed by atoms with Gasteiger partial charge in [-0.1, -0.05) is 29.8 Å². The third-order valence-corrected chi connectivity index (χ3v) is 5.13. The van der Waals surface area contributed by atoms with Gasteiger partial charge in [0.2, 0.25) is 5.91 Å². The van der Waals surface area contributed by atoms with Crippen LogP contribution in [-0.4, -0.2) is 27.6 Å². The predicted molar refractivity (Wildman–Crippen MR) is 101 cm³/mol. The van der Waals surface area contributed by atoms with Gasteiger partial charge in [-0.2, -0.15) is 5.10 Å². The summed E-state index contributed by atoms with van der Waals surface area (Å²) in [5, 5.41) is 13.3. The zero-order valence-corrected chi connectivity index (χ0v) is 15.5. The summed E-state index contributed by atoms with van der Waals surface area (Å²) < 4.78 is 0. The van der Waals surface area contributed by atoms with Gasteiger partial charge in [-0.15, -0.1) is 11.3 Å². The average molecular weight is 375 g/mol. The summed E-state index contributed by atoms with van der Waals surface area (Å²) in [7, 11) is 0. The maximum Gasteiger partial charge on any atom is 0.226 e. The fourth-order valence-corrected chi connectivity index (χ4v) is 3.65. The molecule has 0 radical (unpaired) electrons. The van der Waals surface area contributed by atoms with Gasteiger partial charge in [-0.3, -0.25) is 9.89 Å². The lowest BCUT2D eigenvalue weighted by molar-refractivity contribution is -0.120. The van der Waals surface area contributed by atoms with Crippen molar-refractivity contribution in [2.75, 3.05) is 6.54 Å². The minimum atomic E-state index is -0.0140. The monoisotopic (exact) mass is 374 g/mol.